The van der Waals surface area contributed by atoms with Crippen LogP contribution in [0.2, 0.25) is 0 Å². The molecule has 0 aliphatic carbocycles. The van der Waals surface area contributed by atoms with Gasteiger partial charge in [-0.15, -0.1) is 0 Å². The standard InChI is InChI=1S/C18H16N2O2/c1-2-4-13(5-3-1)14-6-8-15(9-7-14)18-19-17(20-22-18)16-10-11-21-12-16/h1-9,16H,10-12H2/t16-/m0/s1. The van der Waals surface area contributed by atoms with Gasteiger partial charge in [-0.3, -0.25) is 0 Å². The zero-order chi connectivity index (χ0) is 14.8. The smallest absolute Gasteiger partial charge is 0.257 e. The van der Waals surface area contributed by atoms with Crippen LogP contribution in [0.3, 0.4) is 0 Å². The molecule has 1 atom stereocenters. The number of benzene rings is 2. The van der Waals surface area contributed by atoms with Gasteiger partial charge in [0, 0.05) is 18.1 Å². The van der Waals surface area contributed by atoms with Gasteiger partial charge in [-0.1, -0.05) is 47.6 Å². The van der Waals surface area contributed by atoms with Gasteiger partial charge in [0.05, 0.1) is 6.61 Å². The van der Waals surface area contributed by atoms with E-state index in [2.05, 4.69) is 34.4 Å². The molecular weight excluding hydrogens is 276 g/mol. The first-order valence-electron chi connectivity index (χ1n) is 7.47. The van der Waals surface area contributed by atoms with Crippen LogP contribution in [0.15, 0.2) is 59.1 Å². The Kier molecular flexibility index (Phi) is 3.45. The predicted octanol–water partition coefficient (Wildman–Crippen LogP) is 3.91. The maximum Gasteiger partial charge on any atom is 0.257 e. The molecule has 4 heteroatoms. The predicted molar refractivity (Wildman–Crippen MR) is 83.3 cm³/mol. The van der Waals surface area contributed by atoms with Crippen LogP contribution in [0.25, 0.3) is 22.6 Å². The molecule has 1 aliphatic heterocycles. The zero-order valence-corrected chi connectivity index (χ0v) is 12.1. The Labute approximate surface area is 128 Å². The van der Waals surface area contributed by atoms with Gasteiger partial charge in [-0.05, 0) is 29.7 Å². The van der Waals surface area contributed by atoms with Crippen LogP contribution in [0.5, 0.6) is 0 Å². The average Bonchev–Trinajstić information content (AvgIpc) is 3.27. The molecule has 0 unspecified atom stereocenters. The van der Waals surface area contributed by atoms with Crippen molar-refractivity contribution in [1.82, 2.24) is 10.1 Å². The van der Waals surface area contributed by atoms with Gasteiger partial charge < -0.3 is 9.26 Å². The van der Waals surface area contributed by atoms with Crippen molar-refractivity contribution in [1.29, 1.82) is 0 Å². The van der Waals surface area contributed by atoms with Crippen LogP contribution >= 0.6 is 0 Å². The number of hydrogen-bond donors (Lipinski definition) is 0. The van der Waals surface area contributed by atoms with E-state index in [1.807, 2.05) is 30.3 Å². The minimum absolute atomic E-state index is 0.265. The average molecular weight is 292 g/mol. The summed E-state index contributed by atoms with van der Waals surface area (Å²) in [7, 11) is 0. The molecule has 2 aromatic carbocycles. The van der Waals surface area contributed by atoms with E-state index in [1.165, 1.54) is 11.1 Å². The summed E-state index contributed by atoms with van der Waals surface area (Å²) < 4.78 is 10.8. The lowest BCUT2D eigenvalue weighted by molar-refractivity contribution is 0.192. The molecule has 0 spiro atoms. The molecule has 2 heterocycles. The molecule has 22 heavy (non-hydrogen) atoms. The van der Waals surface area contributed by atoms with E-state index in [4.69, 9.17) is 9.26 Å². The summed E-state index contributed by atoms with van der Waals surface area (Å²) in [5.74, 6) is 1.59. The number of nitrogens with zero attached hydrogens (tertiary/aromatic N) is 2. The van der Waals surface area contributed by atoms with Gasteiger partial charge in [-0.25, -0.2) is 0 Å². The van der Waals surface area contributed by atoms with E-state index >= 15 is 0 Å². The van der Waals surface area contributed by atoms with Crippen LogP contribution in [-0.4, -0.2) is 23.4 Å². The lowest BCUT2D eigenvalue weighted by Crippen LogP contribution is -1.99. The van der Waals surface area contributed by atoms with Crippen LogP contribution in [0.4, 0.5) is 0 Å². The van der Waals surface area contributed by atoms with Gasteiger partial charge in [0.1, 0.15) is 0 Å². The first-order chi connectivity index (χ1) is 10.9. The summed E-state index contributed by atoms with van der Waals surface area (Å²) in [4.78, 5) is 4.51. The highest BCUT2D eigenvalue weighted by molar-refractivity contribution is 5.67. The van der Waals surface area contributed by atoms with Gasteiger partial charge >= 0.3 is 0 Å². The Balaban J connectivity index is 1.58. The van der Waals surface area contributed by atoms with Crippen molar-refractivity contribution in [3.8, 4) is 22.6 Å². The molecule has 0 saturated carbocycles. The maximum atomic E-state index is 5.39. The Hall–Kier alpha value is -2.46. The molecule has 1 aliphatic rings. The van der Waals surface area contributed by atoms with Crippen molar-refractivity contribution in [3.63, 3.8) is 0 Å². The van der Waals surface area contributed by atoms with E-state index in [1.54, 1.807) is 0 Å². The highest BCUT2D eigenvalue weighted by Crippen LogP contribution is 2.27. The topological polar surface area (TPSA) is 48.2 Å². The number of hydrogen-bond acceptors (Lipinski definition) is 4. The van der Waals surface area contributed by atoms with E-state index in [9.17, 15) is 0 Å². The normalized spacial score (nSPS) is 17.7. The molecule has 1 aromatic heterocycles. The number of rotatable bonds is 3. The first kappa shape index (κ1) is 13.2. The summed E-state index contributed by atoms with van der Waals surface area (Å²) in [5.41, 5.74) is 3.31. The molecule has 1 fully saturated rings. The van der Waals surface area contributed by atoms with Crippen molar-refractivity contribution < 1.29 is 9.26 Å². The molecule has 0 bridgehead atoms. The van der Waals surface area contributed by atoms with Gasteiger partial charge in [-0.2, -0.15) is 4.98 Å². The third-order valence-electron chi connectivity index (χ3n) is 3.98. The van der Waals surface area contributed by atoms with Crippen molar-refractivity contribution in [2.75, 3.05) is 13.2 Å². The number of aromatic nitrogens is 2. The van der Waals surface area contributed by atoms with E-state index in [0.717, 1.165) is 24.4 Å². The summed E-state index contributed by atoms with van der Waals surface area (Å²) in [6.45, 7) is 1.46. The number of ether oxygens (including phenoxy) is 1. The molecule has 0 radical (unpaired) electrons. The summed E-state index contributed by atoms with van der Waals surface area (Å²) in [5, 5.41) is 4.09. The van der Waals surface area contributed by atoms with Crippen LogP contribution < -0.4 is 0 Å². The van der Waals surface area contributed by atoms with Crippen LogP contribution in [0, 0.1) is 0 Å². The third-order valence-corrected chi connectivity index (χ3v) is 3.98. The third kappa shape index (κ3) is 2.53. The molecule has 0 N–H and O–H groups in total. The monoisotopic (exact) mass is 292 g/mol. The van der Waals surface area contributed by atoms with Crippen molar-refractivity contribution in [3.05, 3.63) is 60.4 Å². The summed E-state index contributed by atoms with van der Waals surface area (Å²) in [6, 6.07) is 18.5. The first-order valence-corrected chi connectivity index (χ1v) is 7.47. The fourth-order valence-corrected chi connectivity index (χ4v) is 2.69. The van der Waals surface area contributed by atoms with Gasteiger partial charge in [0.15, 0.2) is 5.82 Å². The molecule has 4 rings (SSSR count). The Bertz CT molecular complexity index is 744. The Morgan fingerprint density at radius 2 is 1.59 bits per heavy atom. The molecule has 4 nitrogen and oxygen atoms in total. The van der Waals surface area contributed by atoms with Crippen LogP contribution in [0.1, 0.15) is 18.2 Å². The zero-order valence-electron chi connectivity index (χ0n) is 12.1. The molecule has 0 amide bonds. The van der Waals surface area contributed by atoms with Gasteiger partial charge in [0.25, 0.3) is 5.89 Å². The molecular formula is C18H16N2O2. The lowest BCUT2D eigenvalue weighted by atomic mass is 10.0. The minimum Gasteiger partial charge on any atom is -0.381 e. The van der Waals surface area contributed by atoms with E-state index in [-0.39, 0.29) is 5.92 Å². The molecule has 3 aromatic rings. The SMILES string of the molecule is c1ccc(-c2ccc(-c3nc([C@H]4CCOC4)no3)cc2)cc1. The van der Waals surface area contributed by atoms with Gasteiger partial charge in [0.2, 0.25) is 0 Å². The second-order valence-corrected chi connectivity index (χ2v) is 5.46. The molecule has 1 saturated heterocycles. The fourth-order valence-electron chi connectivity index (χ4n) is 2.69. The highest BCUT2D eigenvalue weighted by atomic mass is 16.5. The van der Waals surface area contributed by atoms with E-state index < -0.39 is 0 Å². The second kappa shape index (κ2) is 5.73. The van der Waals surface area contributed by atoms with Crippen molar-refractivity contribution in [2.24, 2.45) is 0 Å². The van der Waals surface area contributed by atoms with Crippen molar-refractivity contribution in [2.45, 2.75) is 12.3 Å². The summed E-state index contributed by atoms with van der Waals surface area (Å²) in [6.07, 6.45) is 0.964. The Morgan fingerprint density at radius 3 is 2.32 bits per heavy atom. The maximum absolute atomic E-state index is 5.39. The Morgan fingerprint density at radius 1 is 0.864 bits per heavy atom. The van der Waals surface area contributed by atoms with E-state index in [0.29, 0.717) is 12.5 Å². The second-order valence-electron chi connectivity index (χ2n) is 5.46. The minimum atomic E-state index is 0.265. The molecule has 110 valence electrons. The van der Waals surface area contributed by atoms with Crippen LogP contribution in [-0.2, 0) is 4.74 Å². The summed E-state index contributed by atoms with van der Waals surface area (Å²) >= 11 is 0. The lowest BCUT2D eigenvalue weighted by Gasteiger charge is -2.02. The largest absolute Gasteiger partial charge is 0.381 e. The highest BCUT2D eigenvalue weighted by Gasteiger charge is 2.23. The fraction of sp³-hybridized carbons (Fsp3) is 0.222. The van der Waals surface area contributed by atoms with Crippen molar-refractivity contribution >= 4 is 0 Å². The quantitative estimate of drug-likeness (QED) is 0.734.